The van der Waals surface area contributed by atoms with Crippen molar-refractivity contribution >= 4 is 16.6 Å². The van der Waals surface area contributed by atoms with Gasteiger partial charge in [0.05, 0.1) is 4.92 Å². The summed E-state index contributed by atoms with van der Waals surface area (Å²) < 4.78 is 4.18. The van der Waals surface area contributed by atoms with Gasteiger partial charge in [0.25, 0.3) is 5.69 Å². The molecule has 20 heavy (non-hydrogen) atoms. The Morgan fingerprint density at radius 1 is 1.20 bits per heavy atom. The molecule has 6 nitrogen and oxygen atoms in total. The Labute approximate surface area is 115 Å². The van der Waals surface area contributed by atoms with Crippen LogP contribution in [0.2, 0.25) is 0 Å². The van der Waals surface area contributed by atoms with Gasteiger partial charge in [-0.2, -0.15) is 0 Å². The minimum atomic E-state index is -0.369. The lowest BCUT2D eigenvalue weighted by atomic mass is 10.2. The number of benzene rings is 1. The molecule has 0 unspecified atom stereocenters. The third-order valence-electron chi connectivity index (χ3n) is 3.47. The van der Waals surface area contributed by atoms with Crippen LogP contribution in [0.5, 0.6) is 0 Å². The standard InChI is InChI=1S/C14H14N4O2/c1-11-15-5-7-16(11)8-9-17-6-4-12-10-13(18(19)20)2-3-14(12)17/h2-7,10H,8-9H2,1H3. The maximum atomic E-state index is 10.8. The smallest absolute Gasteiger partial charge is 0.270 e. The summed E-state index contributed by atoms with van der Waals surface area (Å²) in [5.41, 5.74) is 1.13. The van der Waals surface area contributed by atoms with Gasteiger partial charge < -0.3 is 9.13 Å². The second-order valence-electron chi connectivity index (χ2n) is 4.68. The summed E-state index contributed by atoms with van der Waals surface area (Å²) >= 11 is 0. The molecule has 2 aromatic heterocycles. The molecule has 6 heteroatoms. The number of hydrogen-bond donors (Lipinski definition) is 0. The molecule has 0 spiro atoms. The maximum absolute atomic E-state index is 10.8. The van der Waals surface area contributed by atoms with E-state index < -0.39 is 0 Å². The number of aromatic nitrogens is 3. The van der Waals surface area contributed by atoms with E-state index in [1.54, 1.807) is 24.4 Å². The predicted octanol–water partition coefficient (Wildman–Crippen LogP) is 2.75. The van der Waals surface area contributed by atoms with Crippen molar-refractivity contribution in [3.05, 3.63) is 58.8 Å². The second-order valence-corrected chi connectivity index (χ2v) is 4.68. The Balaban J connectivity index is 1.85. The number of rotatable bonds is 4. The second kappa shape index (κ2) is 4.80. The Bertz CT molecular complexity index is 772. The van der Waals surface area contributed by atoms with Gasteiger partial charge in [-0.1, -0.05) is 0 Å². The number of nitrogens with zero attached hydrogens (tertiary/aromatic N) is 4. The van der Waals surface area contributed by atoms with E-state index in [1.807, 2.05) is 25.4 Å². The van der Waals surface area contributed by atoms with Crippen LogP contribution in [0, 0.1) is 17.0 Å². The molecule has 0 saturated heterocycles. The molecule has 2 heterocycles. The number of nitro groups is 1. The molecule has 0 aliphatic rings. The lowest BCUT2D eigenvalue weighted by Gasteiger charge is -2.07. The number of fused-ring (bicyclic) bond motifs is 1. The molecule has 0 atom stereocenters. The zero-order chi connectivity index (χ0) is 14.1. The van der Waals surface area contributed by atoms with E-state index >= 15 is 0 Å². The molecule has 0 saturated carbocycles. The summed E-state index contributed by atoms with van der Waals surface area (Å²) in [6.45, 7) is 3.60. The number of hydrogen-bond acceptors (Lipinski definition) is 3. The highest BCUT2D eigenvalue weighted by molar-refractivity contribution is 5.82. The number of imidazole rings is 1. The van der Waals surface area contributed by atoms with Crippen molar-refractivity contribution in [3.8, 4) is 0 Å². The van der Waals surface area contributed by atoms with Gasteiger partial charge in [-0.05, 0) is 19.1 Å². The highest BCUT2D eigenvalue weighted by Gasteiger charge is 2.08. The zero-order valence-electron chi connectivity index (χ0n) is 11.1. The molecule has 3 rings (SSSR count). The van der Waals surface area contributed by atoms with Gasteiger partial charge >= 0.3 is 0 Å². The summed E-state index contributed by atoms with van der Waals surface area (Å²) in [6, 6.07) is 6.85. The van der Waals surface area contributed by atoms with Crippen molar-refractivity contribution < 1.29 is 4.92 Å². The quantitative estimate of drug-likeness (QED) is 0.541. The van der Waals surface area contributed by atoms with Crippen molar-refractivity contribution in [1.29, 1.82) is 0 Å². The summed E-state index contributed by atoms with van der Waals surface area (Å²) in [4.78, 5) is 14.6. The highest BCUT2D eigenvalue weighted by Crippen LogP contribution is 2.22. The van der Waals surface area contributed by atoms with Gasteiger partial charge in [0, 0.05) is 54.7 Å². The van der Waals surface area contributed by atoms with E-state index in [0.717, 1.165) is 29.8 Å². The van der Waals surface area contributed by atoms with Crippen LogP contribution in [0.15, 0.2) is 42.9 Å². The van der Waals surface area contributed by atoms with Gasteiger partial charge in [0.2, 0.25) is 0 Å². The van der Waals surface area contributed by atoms with Crippen LogP contribution in [0.25, 0.3) is 10.9 Å². The van der Waals surface area contributed by atoms with Crippen molar-refractivity contribution in [2.75, 3.05) is 0 Å². The lowest BCUT2D eigenvalue weighted by molar-refractivity contribution is -0.384. The minimum absolute atomic E-state index is 0.126. The Morgan fingerprint density at radius 3 is 2.70 bits per heavy atom. The number of non-ortho nitro benzene ring substituents is 1. The SMILES string of the molecule is Cc1nccn1CCn1ccc2cc([N+](=O)[O-])ccc21. The molecule has 0 N–H and O–H groups in total. The highest BCUT2D eigenvalue weighted by atomic mass is 16.6. The summed E-state index contributed by atoms with van der Waals surface area (Å²) in [5.74, 6) is 0.983. The van der Waals surface area contributed by atoms with Gasteiger partial charge in [0.15, 0.2) is 0 Å². The fourth-order valence-electron chi connectivity index (χ4n) is 2.35. The normalized spacial score (nSPS) is 11.1. The van der Waals surface area contributed by atoms with Gasteiger partial charge in [-0.25, -0.2) is 4.98 Å². The molecule has 0 aliphatic heterocycles. The lowest BCUT2D eigenvalue weighted by Crippen LogP contribution is -2.07. The monoisotopic (exact) mass is 270 g/mol. The number of aryl methyl sites for hydroxylation is 3. The third-order valence-corrected chi connectivity index (χ3v) is 3.47. The van der Waals surface area contributed by atoms with Crippen LogP contribution < -0.4 is 0 Å². The van der Waals surface area contributed by atoms with Crippen LogP contribution >= 0.6 is 0 Å². The van der Waals surface area contributed by atoms with E-state index in [-0.39, 0.29) is 10.6 Å². The third kappa shape index (κ3) is 2.16. The largest absolute Gasteiger partial charge is 0.346 e. The predicted molar refractivity (Wildman–Crippen MR) is 75.6 cm³/mol. The van der Waals surface area contributed by atoms with Crippen LogP contribution in [0.4, 0.5) is 5.69 Å². The molecule has 1 aromatic carbocycles. The topological polar surface area (TPSA) is 65.9 Å². The van der Waals surface area contributed by atoms with Crippen molar-refractivity contribution in [1.82, 2.24) is 14.1 Å². The minimum Gasteiger partial charge on any atom is -0.346 e. The molecular weight excluding hydrogens is 256 g/mol. The summed E-state index contributed by atoms with van der Waals surface area (Å²) in [7, 11) is 0. The Kier molecular flexibility index (Phi) is 2.98. The van der Waals surface area contributed by atoms with Crippen molar-refractivity contribution in [2.24, 2.45) is 0 Å². The van der Waals surface area contributed by atoms with E-state index in [2.05, 4.69) is 14.1 Å². The molecule has 0 bridgehead atoms. The number of nitro benzene ring substituents is 1. The van der Waals surface area contributed by atoms with Gasteiger partial charge in [-0.3, -0.25) is 10.1 Å². The maximum Gasteiger partial charge on any atom is 0.270 e. The fraction of sp³-hybridized carbons (Fsp3) is 0.214. The van der Waals surface area contributed by atoms with Crippen LogP contribution in [-0.2, 0) is 13.1 Å². The zero-order valence-corrected chi connectivity index (χ0v) is 11.1. The first-order valence-corrected chi connectivity index (χ1v) is 6.36. The van der Waals surface area contributed by atoms with Crippen molar-refractivity contribution in [2.45, 2.75) is 20.0 Å². The fourth-order valence-corrected chi connectivity index (χ4v) is 2.35. The first-order chi connectivity index (χ1) is 9.65. The Hall–Kier alpha value is -2.63. The summed E-state index contributed by atoms with van der Waals surface area (Å²) in [5, 5.41) is 11.6. The van der Waals surface area contributed by atoms with E-state index in [1.165, 1.54) is 0 Å². The van der Waals surface area contributed by atoms with Crippen LogP contribution in [-0.4, -0.2) is 19.0 Å². The first kappa shape index (κ1) is 12.4. The summed E-state index contributed by atoms with van der Waals surface area (Å²) in [6.07, 6.45) is 5.69. The molecule has 0 radical (unpaired) electrons. The average molecular weight is 270 g/mol. The van der Waals surface area contributed by atoms with Crippen LogP contribution in [0.3, 0.4) is 0 Å². The van der Waals surface area contributed by atoms with E-state index in [0.29, 0.717) is 0 Å². The van der Waals surface area contributed by atoms with E-state index in [4.69, 9.17) is 0 Å². The molecule has 3 aromatic rings. The first-order valence-electron chi connectivity index (χ1n) is 6.36. The van der Waals surface area contributed by atoms with Gasteiger partial charge in [0.1, 0.15) is 5.82 Å². The van der Waals surface area contributed by atoms with E-state index in [9.17, 15) is 10.1 Å². The van der Waals surface area contributed by atoms with Crippen LogP contribution in [0.1, 0.15) is 5.82 Å². The molecular formula is C14H14N4O2. The molecule has 0 amide bonds. The molecule has 102 valence electrons. The Morgan fingerprint density at radius 2 is 2.00 bits per heavy atom. The molecule has 0 aliphatic carbocycles. The van der Waals surface area contributed by atoms with Crippen molar-refractivity contribution in [3.63, 3.8) is 0 Å². The molecule has 0 fully saturated rings. The average Bonchev–Trinajstić information content (AvgIpc) is 3.02. The van der Waals surface area contributed by atoms with Gasteiger partial charge in [-0.15, -0.1) is 0 Å².